The highest BCUT2D eigenvalue weighted by Crippen LogP contribution is 2.24. The molecular formula is C20H23FN2O2. The molecule has 0 saturated carbocycles. The first kappa shape index (κ1) is 17.4. The summed E-state index contributed by atoms with van der Waals surface area (Å²) in [6.07, 6.45) is 0.811. The molecule has 1 heterocycles. The topological polar surface area (TPSA) is 50.4 Å². The van der Waals surface area contributed by atoms with Crippen molar-refractivity contribution in [3.05, 3.63) is 58.4 Å². The monoisotopic (exact) mass is 342 g/mol. The zero-order valence-electron chi connectivity index (χ0n) is 14.6. The summed E-state index contributed by atoms with van der Waals surface area (Å²) in [5, 5.41) is 5.86. The summed E-state index contributed by atoms with van der Waals surface area (Å²) in [7, 11) is 0. The van der Waals surface area contributed by atoms with Crippen LogP contribution in [-0.4, -0.2) is 19.1 Å². The lowest BCUT2D eigenvalue weighted by molar-refractivity contribution is -0.116. The third kappa shape index (κ3) is 4.17. The van der Waals surface area contributed by atoms with Crippen molar-refractivity contribution >= 4 is 11.6 Å². The number of aryl methyl sites for hydroxylation is 2. The Morgan fingerprint density at radius 2 is 2.08 bits per heavy atom. The van der Waals surface area contributed by atoms with Gasteiger partial charge in [0.1, 0.15) is 11.6 Å². The maximum atomic E-state index is 14.5. The van der Waals surface area contributed by atoms with E-state index in [0.29, 0.717) is 18.5 Å². The number of rotatable bonds is 5. The molecule has 1 aliphatic rings. The van der Waals surface area contributed by atoms with Gasteiger partial charge in [0.05, 0.1) is 18.7 Å². The fraction of sp³-hybridized carbons (Fsp3) is 0.350. The quantitative estimate of drug-likeness (QED) is 0.874. The van der Waals surface area contributed by atoms with E-state index in [1.807, 2.05) is 38.1 Å². The molecule has 132 valence electrons. The largest absolute Gasteiger partial charge is 0.493 e. The summed E-state index contributed by atoms with van der Waals surface area (Å²) >= 11 is 0. The van der Waals surface area contributed by atoms with Gasteiger partial charge < -0.3 is 15.4 Å². The van der Waals surface area contributed by atoms with Gasteiger partial charge in [-0.05, 0) is 67.3 Å². The Morgan fingerprint density at radius 3 is 2.88 bits per heavy atom. The molecule has 2 aromatic rings. The lowest BCUT2D eigenvalue weighted by Gasteiger charge is -2.19. The molecule has 0 unspecified atom stereocenters. The average molecular weight is 342 g/mol. The van der Waals surface area contributed by atoms with E-state index in [4.69, 9.17) is 4.74 Å². The zero-order valence-corrected chi connectivity index (χ0v) is 14.6. The molecule has 0 saturated heterocycles. The molecule has 0 aliphatic carbocycles. The van der Waals surface area contributed by atoms with E-state index < -0.39 is 0 Å². The van der Waals surface area contributed by atoms with E-state index in [2.05, 4.69) is 10.6 Å². The molecule has 4 nitrogen and oxygen atoms in total. The minimum absolute atomic E-state index is 0.172. The molecule has 1 amide bonds. The molecule has 3 rings (SSSR count). The van der Waals surface area contributed by atoms with Crippen LogP contribution >= 0.6 is 0 Å². The summed E-state index contributed by atoms with van der Waals surface area (Å²) < 4.78 is 20.1. The van der Waals surface area contributed by atoms with Crippen LogP contribution in [0.1, 0.15) is 28.7 Å². The highest BCUT2D eigenvalue weighted by Gasteiger charge is 2.17. The van der Waals surface area contributed by atoms with Gasteiger partial charge in [0, 0.05) is 6.54 Å². The van der Waals surface area contributed by atoms with Crippen LogP contribution in [0.25, 0.3) is 0 Å². The Kier molecular flexibility index (Phi) is 5.34. The molecule has 0 fully saturated rings. The predicted molar refractivity (Wildman–Crippen MR) is 96.5 cm³/mol. The maximum Gasteiger partial charge on any atom is 0.227 e. The summed E-state index contributed by atoms with van der Waals surface area (Å²) in [5.74, 6) is 0.169. The Hall–Kier alpha value is -2.40. The number of amides is 1. The van der Waals surface area contributed by atoms with Crippen molar-refractivity contribution in [3.63, 3.8) is 0 Å². The summed E-state index contributed by atoms with van der Waals surface area (Å²) in [6.45, 7) is 5.74. The molecule has 0 atom stereocenters. The van der Waals surface area contributed by atoms with Gasteiger partial charge in [-0.15, -0.1) is 0 Å². The molecular weight excluding hydrogens is 319 g/mol. The van der Waals surface area contributed by atoms with Crippen LogP contribution in [0.4, 0.5) is 10.1 Å². The second-order valence-electron chi connectivity index (χ2n) is 6.38. The van der Waals surface area contributed by atoms with Crippen molar-refractivity contribution in [2.75, 3.05) is 18.5 Å². The van der Waals surface area contributed by atoms with Gasteiger partial charge in [0.15, 0.2) is 0 Å². The van der Waals surface area contributed by atoms with Crippen molar-refractivity contribution < 1.29 is 13.9 Å². The number of fused-ring (bicyclic) bond motifs is 1. The van der Waals surface area contributed by atoms with Crippen LogP contribution < -0.4 is 15.4 Å². The summed E-state index contributed by atoms with van der Waals surface area (Å²) in [4.78, 5) is 12.1. The third-order valence-electron chi connectivity index (χ3n) is 4.56. The van der Waals surface area contributed by atoms with Crippen molar-refractivity contribution in [1.82, 2.24) is 5.32 Å². The van der Waals surface area contributed by atoms with Crippen molar-refractivity contribution in [1.29, 1.82) is 0 Å². The molecule has 0 bridgehead atoms. The zero-order chi connectivity index (χ0) is 17.8. The number of hydrogen-bond donors (Lipinski definition) is 2. The van der Waals surface area contributed by atoms with Gasteiger partial charge in [-0.3, -0.25) is 4.79 Å². The Morgan fingerprint density at radius 1 is 1.24 bits per heavy atom. The van der Waals surface area contributed by atoms with Gasteiger partial charge in [-0.2, -0.15) is 0 Å². The van der Waals surface area contributed by atoms with Gasteiger partial charge in [-0.1, -0.05) is 12.1 Å². The van der Waals surface area contributed by atoms with E-state index >= 15 is 0 Å². The van der Waals surface area contributed by atoms with Crippen LogP contribution in [0.5, 0.6) is 5.75 Å². The predicted octanol–water partition coefficient (Wildman–Crippen LogP) is 3.50. The normalized spacial score (nSPS) is 13.2. The van der Waals surface area contributed by atoms with Crippen molar-refractivity contribution in [3.8, 4) is 5.75 Å². The number of carbonyl (C=O) groups excluding carboxylic acids is 1. The summed E-state index contributed by atoms with van der Waals surface area (Å²) in [5.41, 5.74) is 4.25. The highest BCUT2D eigenvalue weighted by atomic mass is 19.1. The fourth-order valence-corrected chi connectivity index (χ4v) is 2.91. The van der Waals surface area contributed by atoms with Crippen LogP contribution in [0.3, 0.4) is 0 Å². The average Bonchev–Trinajstić information content (AvgIpc) is 2.61. The van der Waals surface area contributed by atoms with Crippen LogP contribution in [0.15, 0.2) is 30.3 Å². The molecule has 0 aromatic heterocycles. The number of benzene rings is 2. The van der Waals surface area contributed by atoms with Crippen LogP contribution in [-0.2, 0) is 17.8 Å². The SMILES string of the molecule is Cc1ccc(OCCC(=O)Nc2ccc3c(c2F)CCNC3)cc1C. The number of anilines is 1. The minimum Gasteiger partial charge on any atom is -0.493 e. The lowest BCUT2D eigenvalue weighted by Crippen LogP contribution is -2.25. The first-order chi connectivity index (χ1) is 12.0. The molecule has 0 radical (unpaired) electrons. The number of halogens is 1. The molecule has 25 heavy (non-hydrogen) atoms. The van der Waals surface area contributed by atoms with E-state index in [1.165, 1.54) is 5.56 Å². The second kappa shape index (κ2) is 7.66. The van der Waals surface area contributed by atoms with Gasteiger partial charge in [0.2, 0.25) is 5.91 Å². The molecule has 2 N–H and O–H groups in total. The van der Waals surface area contributed by atoms with Crippen molar-refractivity contribution in [2.24, 2.45) is 0 Å². The van der Waals surface area contributed by atoms with E-state index in [9.17, 15) is 9.18 Å². The van der Waals surface area contributed by atoms with E-state index in [1.54, 1.807) is 6.07 Å². The standard InChI is InChI=1S/C20H23FN2O2/c1-13-3-5-16(11-14(13)2)25-10-8-19(24)23-18-6-4-15-12-22-9-7-17(15)20(18)21/h3-6,11,22H,7-10,12H2,1-2H3,(H,23,24). The lowest BCUT2D eigenvalue weighted by atomic mass is 9.99. The number of carbonyl (C=O) groups is 1. The number of nitrogens with one attached hydrogen (secondary N) is 2. The highest BCUT2D eigenvalue weighted by molar-refractivity contribution is 5.91. The maximum absolute atomic E-state index is 14.5. The van der Waals surface area contributed by atoms with Gasteiger partial charge >= 0.3 is 0 Å². The van der Waals surface area contributed by atoms with Crippen molar-refractivity contribution in [2.45, 2.75) is 33.2 Å². The number of hydrogen-bond acceptors (Lipinski definition) is 3. The Balaban J connectivity index is 1.55. The van der Waals surface area contributed by atoms with Crippen LogP contribution in [0, 0.1) is 19.7 Å². The minimum atomic E-state index is -0.317. The van der Waals surface area contributed by atoms with E-state index in [0.717, 1.165) is 23.4 Å². The molecule has 2 aromatic carbocycles. The third-order valence-corrected chi connectivity index (χ3v) is 4.56. The Labute approximate surface area is 147 Å². The fourth-order valence-electron chi connectivity index (χ4n) is 2.91. The van der Waals surface area contributed by atoms with Crippen LogP contribution in [0.2, 0.25) is 0 Å². The first-order valence-corrected chi connectivity index (χ1v) is 8.55. The van der Waals surface area contributed by atoms with Gasteiger partial charge in [-0.25, -0.2) is 4.39 Å². The first-order valence-electron chi connectivity index (χ1n) is 8.55. The molecule has 1 aliphatic heterocycles. The molecule has 5 heteroatoms. The smallest absolute Gasteiger partial charge is 0.227 e. The molecule has 0 spiro atoms. The summed E-state index contributed by atoms with van der Waals surface area (Å²) in [6, 6.07) is 9.32. The Bertz CT molecular complexity index is 790. The van der Waals surface area contributed by atoms with Gasteiger partial charge in [0.25, 0.3) is 0 Å². The second-order valence-corrected chi connectivity index (χ2v) is 6.38. The van der Waals surface area contributed by atoms with E-state index in [-0.39, 0.29) is 30.4 Å². The number of ether oxygens (including phenoxy) is 1.